The van der Waals surface area contributed by atoms with E-state index in [2.05, 4.69) is 0 Å². The zero-order valence-corrected chi connectivity index (χ0v) is 9.14. The van der Waals surface area contributed by atoms with Gasteiger partial charge in [0.15, 0.2) is 5.75 Å². The summed E-state index contributed by atoms with van der Waals surface area (Å²) in [5.41, 5.74) is 11.2. The van der Waals surface area contributed by atoms with Gasteiger partial charge in [-0.2, -0.15) is 0 Å². The molecule has 0 bridgehead atoms. The Bertz CT molecular complexity index is 360. The van der Waals surface area contributed by atoms with E-state index < -0.39 is 5.91 Å². The van der Waals surface area contributed by atoms with Crippen molar-refractivity contribution in [3.05, 3.63) is 4.88 Å². The maximum absolute atomic E-state index is 11.0. The fraction of sp³-hybridized carbons (Fsp3) is 0.375. The van der Waals surface area contributed by atoms with E-state index >= 15 is 0 Å². The van der Waals surface area contributed by atoms with Gasteiger partial charge in [-0.05, 0) is 0 Å². The highest BCUT2D eigenvalue weighted by molar-refractivity contribution is 7.19. The number of thiophene rings is 1. The summed E-state index contributed by atoms with van der Waals surface area (Å²) < 4.78 is 5.10. The van der Waals surface area contributed by atoms with Crippen LogP contribution in [0.3, 0.4) is 0 Å². The van der Waals surface area contributed by atoms with Crippen LogP contribution in [0.1, 0.15) is 9.67 Å². The third-order valence-corrected chi connectivity index (χ3v) is 3.09. The van der Waals surface area contributed by atoms with Crippen LogP contribution in [0.2, 0.25) is 0 Å². The molecule has 0 unspecified atom stereocenters. The van der Waals surface area contributed by atoms with Crippen LogP contribution in [0.4, 0.5) is 10.7 Å². The molecule has 1 amide bonds. The maximum Gasteiger partial charge on any atom is 0.261 e. The molecule has 1 aromatic heterocycles. The third kappa shape index (κ3) is 1.60. The maximum atomic E-state index is 11.0. The molecule has 5 nitrogen and oxygen atoms in total. The molecule has 0 aromatic carbocycles. The average molecular weight is 215 g/mol. The topological polar surface area (TPSA) is 81.6 Å². The smallest absolute Gasteiger partial charge is 0.261 e. The van der Waals surface area contributed by atoms with Gasteiger partial charge in [-0.1, -0.05) is 0 Å². The number of rotatable bonds is 3. The quantitative estimate of drug-likeness (QED) is 0.769. The average Bonchev–Trinajstić information content (AvgIpc) is 2.42. The largest absolute Gasteiger partial charge is 0.492 e. The molecular formula is C8H13N3O2S. The number of carbonyl (C=O) groups excluding carboxylic acids is 1. The number of amides is 1. The van der Waals surface area contributed by atoms with Crippen LogP contribution in [-0.4, -0.2) is 27.1 Å². The van der Waals surface area contributed by atoms with E-state index in [0.29, 0.717) is 16.3 Å². The van der Waals surface area contributed by atoms with E-state index in [0.717, 1.165) is 5.00 Å². The van der Waals surface area contributed by atoms with Gasteiger partial charge in [-0.25, -0.2) is 0 Å². The molecule has 0 radical (unpaired) electrons. The third-order valence-electron chi connectivity index (χ3n) is 1.72. The van der Waals surface area contributed by atoms with Crippen molar-refractivity contribution in [1.82, 2.24) is 0 Å². The second-order valence-electron chi connectivity index (χ2n) is 2.94. The lowest BCUT2D eigenvalue weighted by Gasteiger charge is -2.11. The van der Waals surface area contributed by atoms with E-state index in [1.54, 1.807) is 0 Å². The van der Waals surface area contributed by atoms with Crippen molar-refractivity contribution in [2.45, 2.75) is 0 Å². The summed E-state index contributed by atoms with van der Waals surface area (Å²) >= 11 is 1.23. The molecule has 6 heteroatoms. The van der Waals surface area contributed by atoms with Gasteiger partial charge in [0.1, 0.15) is 15.6 Å². The van der Waals surface area contributed by atoms with E-state index in [9.17, 15) is 4.79 Å². The highest BCUT2D eigenvalue weighted by Crippen LogP contribution is 2.43. The lowest BCUT2D eigenvalue weighted by atomic mass is 10.3. The zero-order valence-electron chi connectivity index (χ0n) is 8.33. The molecule has 0 saturated carbocycles. The number of nitrogens with zero attached hydrogens (tertiary/aromatic N) is 1. The Morgan fingerprint density at radius 1 is 1.50 bits per heavy atom. The van der Waals surface area contributed by atoms with Gasteiger partial charge in [-0.15, -0.1) is 11.3 Å². The van der Waals surface area contributed by atoms with Gasteiger partial charge < -0.3 is 21.1 Å². The van der Waals surface area contributed by atoms with Crippen molar-refractivity contribution in [3.63, 3.8) is 0 Å². The van der Waals surface area contributed by atoms with Crippen molar-refractivity contribution in [2.75, 3.05) is 31.8 Å². The Morgan fingerprint density at radius 2 is 2.07 bits per heavy atom. The first-order valence-electron chi connectivity index (χ1n) is 3.92. The van der Waals surface area contributed by atoms with E-state index in [1.165, 1.54) is 18.4 Å². The number of ether oxygens (including phenoxy) is 1. The number of hydrogen-bond donors (Lipinski definition) is 2. The van der Waals surface area contributed by atoms with Gasteiger partial charge in [0.25, 0.3) is 5.91 Å². The number of hydrogen-bond acceptors (Lipinski definition) is 5. The molecule has 1 rings (SSSR count). The molecule has 0 spiro atoms. The number of anilines is 2. The molecule has 14 heavy (non-hydrogen) atoms. The Morgan fingerprint density at radius 3 is 2.36 bits per heavy atom. The van der Waals surface area contributed by atoms with Crippen LogP contribution < -0.4 is 21.1 Å². The fourth-order valence-corrected chi connectivity index (χ4v) is 2.06. The molecule has 0 aliphatic carbocycles. The molecule has 1 heterocycles. The monoisotopic (exact) mass is 215 g/mol. The Balaban J connectivity index is 3.31. The minimum atomic E-state index is -0.529. The predicted molar refractivity (Wildman–Crippen MR) is 58.1 cm³/mol. The first-order valence-corrected chi connectivity index (χ1v) is 4.74. The van der Waals surface area contributed by atoms with E-state index in [1.807, 2.05) is 19.0 Å². The molecule has 0 aliphatic rings. The highest BCUT2D eigenvalue weighted by Gasteiger charge is 2.20. The second kappa shape index (κ2) is 3.75. The molecule has 1 aromatic rings. The first-order chi connectivity index (χ1) is 6.49. The number of carbonyl (C=O) groups is 1. The minimum Gasteiger partial charge on any atom is -0.492 e. The number of primary amides is 1. The van der Waals surface area contributed by atoms with Gasteiger partial charge in [0.05, 0.1) is 7.11 Å². The number of methoxy groups -OCH3 is 1. The Labute approximate surface area is 86.2 Å². The summed E-state index contributed by atoms with van der Waals surface area (Å²) in [4.78, 5) is 13.2. The summed E-state index contributed by atoms with van der Waals surface area (Å²) in [6, 6.07) is 0. The minimum absolute atomic E-state index is 0.314. The van der Waals surface area contributed by atoms with E-state index in [4.69, 9.17) is 16.2 Å². The SMILES string of the molecule is COc1c(N(C)C)sc(C(N)=O)c1N. The van der Waals surface area contributed by atoms with Gasteiger partial charge in [-0.3, -0.25) is 4.79 Å². The summed E-state index contributed by atoms with van der Waals surface area (Å²) in [6.07, 6.45) is 0. The second-order valence-corrected chi connectivity index (χ2v) is 3.94. The molecule has 78 valence electrons. The van der Waals surface area contributed by atoms with Crippen LogP contribution >= 0.6 is 11.3 Å². The van der Waals surface area contributed by atoms with Gasteiger partial charge in [0.2, 0.25) is 0 Å². The summed E-state index contributed by atoms with van der Waals surface area (Å²) in [7, 11) is 5.20. The number of nitrogens with two attached hydrogens (primary N) is 2. The zero-order chi connectivity index (χ0) is 10.9. The first kappa shape index (κ1) is 10.6. The molecule has 0 atom stereocenters. The van der Waals surface area contributed by atoms with Crippen LogP contribution in [-0.2, 0) is 0 Å². The van der Waals surface area contributed by atoms with Gasteiger partial charge >= 0.3 is 0 Å². The summed E-state index contributed by atoms with van der Waals surface area (Å²) in [6.45, 7) is 0. The van der Waals surface area contributed by atoms with Crippen molar-refractivity contribution in [2.24, 2.45) is 5.73 Å². The lowest BCUT2D eigenvalue weighted by molar-refractivity contribution is 0.100. The van der Waals surface area contributed by atoms with Crippen LogP contribution in [0.5, 0.6) is 5.75 Å². The summed E-state index contributed by atoms with van der Waals surface area (Å²) in [5, 5.41) is 0.791. The van der Waals surface area contributed by atoms with Gasteiger partial charge in [0, 0.05) is 14.1 Å². The standard InChI is InChI=1S/C8H13N3O2S/c1-11(2)8-5(13-3)4(9)6(14-8)7(10)12/h9H2,1-3H3,(H2,10,12). The summed E-state index contributed by atoms with van der Waals surface area (Å²) in [5.74, 6) is -0.0206. The normalized spacial score (nSPS) is 9.93. The fourth-order valence-electron chi connectivity index (χ4n) is 1.09. The Kier molecular flexibility index (Phi) is 2.85. The van der Waals surface area contributed by atoms with Crippen LogP contribution in [0.25, 0.3) is 0 Å². The van der Waals surface area contributed by atoms with Crippen LogP contribution in [0.15, 0.2) is 0 Å². The van der Waals surface area contributed by atoms with Crippen molar-refractivity contribution >= 4 is 27.9 Å². The van der Waals surface area contributed by atoms with Crippen molar-refractivity contribution in [1.29, 1.82) is 0 Å². The lowest BCUT2D eigenvalue weighted by Crippen LogP contribution is -2.10. The molecule has 0 aliphatic heterocycles. The molecular weight excluding hydrogens is 202 g/mol. The molecule has 0 fully saturated rings. The van der Waals surface area contributed by atoms with Crippen molar-refractivity contribution < 1.29 is 9.53 Å². The predicted octanol–water partition coefficient (Wildman–Crippen LogP) is 0.504. The number of nitrogen functional groups attached to an aromatic ring is 1. The molecule has 4 N–H and O–H groups in total. The highest BCUT2D eigenvalue weighted by atomic mass is 32.1. The Hall–Kier alpha value is -1.43. The van der Waals surface area contributed by atoms with Crippen LogP contribution in [0, 0.1) is 0 Å². The van der Waals surface area contributed by atoms with Crippen molar-refractivity contribution in [3.8, 4) is 5.75 Å². The molecule has 0 saturated heterocycles. The van der Waals surface area contributed by atoms with E-state index in [-0.39, 0.29) is 0 Å².